The van der Waals surface area contributed by atoms with E-state index in [-0.39, 0.29) is 12.2 Å². The Morgan fingerprint density at radius 2 is 1.77 bits per heavy atom. The second-order valence-electron chi connectivity index (χ2n) is 6.36. The average Bonchev–Trinajstić information content (AvgIpc) is 2.65. The van der Waals surface area contributed by atoms with Crippen molar-refractivity contribution in [2.45, 2.75) is 33.2 Å². The monoisotopic (exact) mass is 349 g/mol. The van der Waals surface area contributed by atoms with Crippen LogP contribution >= 0.6 is 0 Å². The molecule has 1 unspecified atom stereocenters. The van der Waals surface area contributed by atoms with Gasteiger partial charge < -0.3 is 11.1 Å². The fraction of sp³-hybridized carbons (Fsp3) is 0.316. The Morgan fingerprint density at radius 3 is 2.50 bits per heavy atom. The van der Waals surface area contributed by atoms with E-state index in [1.807, 2.05) is 6.20 Å². The van der Waals surface area contributed by atoms with Crippen molar-refractivity contribution in [2.75, 3.05) is 11.4 Å². The first-order valence-corrected chi connectivity index (χ1v) is 8.47. The zero-order chi connectivity index (χ0) is 17.4. The van der Waals surface area contributed by atoms with Crippen molar-refractivity contribution >= 4 is 5.82 Å². The molecule has 3 N–H and O–H groups in total. The Hall–Kier alpha value is -2.93. The topological polar surface area (TPSA) is 103 Å². The molecule has 1 aliphatic rings. The maximum absolute atomic E-state index is 4.75. The molecule has 7 nitrogen and oxygen atoms in total. The first-order chi connectivity index (χ1) is 12.1. The van der Waals surface area contributed by atoms with Gasteiger partial charge in [-0.25, -0.2) is 24.9 Å². The molecule has 7 heteroatoms. The van der Waals surface area contributed by atoms with Gasteiger partial charge in [0.25, 0.3) is 0 Å². The third kappa shape index (κ3) is 3.13. The van der Waals surface area contributed by atoms with E-state index in [0.717, 1.165) is 35.7 Å². The quantitative estimate of drug-likeness (QED) is 0.757. The molecule has 4 heterocycles. The molecule has 0 bridgehead atoms. The number of fused-ring (bicyclic) bond motifs is 1. The zero-order valence-corrected chi connectivity index (χ0v) is 15.3. The van der Waals surface area contributed by atoms with Crippen LogP contribution in [-0.2, 0) is 6.42 Å². The lowest BCUT2D eigenvalue weighted by Gasteiger charge is -2.35. The molecule has 3 aromatic heterocycles. The summed E-state index contributed by atoms with van der Waals surface area (Å²) in [5.41, 5.74) is 4.50. The fourth-order valence-electron chi connectivity index (χ4n) is 3.18. The van der Waals surface area contributed by atoms with Crippen LogP contribution in [-0.4, -0.2) is 31.5 Å². The molecule has 0 radical (unpaired) electrons. The largest absolute Gasteiger partial charge is 0.349 e. The number of anilines is 1. The maximum Gasteiger partial charge on any atom is 0.197 e. The molecular formula is C19H23N7. The zero-order valence-electron chi connectivity index (χ0n) is 15.3. The third-order valence-electron chi connectivity index (χ3n) is 4.80. The Balaban J connectivity index is 0.00000196. The molecule has 0 fully saturated rings. The molecule has 0 spiro atoms. The number of hydrogen-bond acceptors (Lipinski definition) is 7. The van der Waals surface area contributed by atoms with Crippen LogP contribution in [0, 0.1) is 13.8 Å². The Bertz CT molecular complexity index is 911. The second-order valence-corrected chi connectivity index (χ2v) is 6.36. The van der Waals surface area contributed by atoms with Gasteiger partial charge in [0, 0.05) is 42.8 Å². The SMILES string of the molecule is Cc1ccc(N2CCc3nc(-c4ncccn4)ncc3C2C)nc1C.N. The lowest BCUT2D eigenvalue weighted by Crippen LogP contribution is -2.35. The minimum atomic E-state index is 0. The van der Waals surface area contributed by atoms with Gasteiger partial charge in [-0.15, -0.1) is 0 Å². The van der Waals surface area contributed by atoms with Crippen LogP contribution in [0.3, 0.4) is 0 Å². The van der Waals surface area contributed by atoms with Crippen molar-refractivity contribution < 1.29 is 0 Å². The molecule has 26 heavy (non-hydrogen) atoms. The molecule has 0 aromatic carbocycles. The van der Waals surface area contributed by atoms with E-state index >= 15 is 0 Å². The van der Waals surface area contributed by atoms with E-state index < -0.39 is 0 Å². The number of aryl methyl sites for hydroxylation is 2. The van der Waals surface area contributed by atoms with E-state index in [0.29, 0.717) is 11.6 Å². The van der Waals surface area contributed by atoms with Crippen molar-refractivity contribution in [1.29, 1.82) is 0 Å². The van der Waals surface area contributed by atoms with Crippen LogP contribution in [0.5, 0.6) is 0 Å². The third-order valence-corrected chi connectivity index (χ3v) is 4.80. The summed E-state index contributed by atoms with van der Waals surface area (Å²) in [4.78, 5) is 24.7. The van der Waals surface area contributed by atoms with Gasteiger partial charge in [-0.05, 0) is 38.5 Å². The Kier molecular flexibility index (Phi) is 4.90. The van der Waals surface area contributed by atoms with E-state index in [4.69, 9.17) is 9.97 Å². The standard InChI is InChI=1S/C19H20N6.H3N/c1-12-5-6-17(23-13(12)2)25-10-7-16-15(14(25)3)11-22-19(24-16)18-20-8-4-9-21-18;/h4-6,8-9,11,14H,7,10H2,1-3H3;1H3. The van der Waals surface area contributed by atoms with Gasteiger partial charge in [-0.1, -0.05) is 6.07 Å². The van der Waals surface area contributed by atoms with Gasteiger partial charge in [0.15, 0.2) is 11.6 Å². The van der Waals surface area contributed by atoms with Gasteiger partial charge in [0.1, 0.15) is 5.82 Å². The Morgan fingerprint density at radius 1 is 1.00 bits per heavy atom. The predicted octanol–water partition coefficient (Wildman–Crippen LogP) is 3.23. The summed E-state index contributed by atoms with van der Waals surface area (Å²) < 4.78 is 0. The highest BCUT2D eigenvalue weighted by atomic mass is 15.2. The molecular weight excluding hydrogens is 326 g/mol. The number of aromatic nitrogens is 5. The number of rotatable bonds is 2. The first-order valence-electron chi connectivity index (χ1n) is 8.47. The summed E-state index contributed by atoms with van der Waals surface area (Å²) in [6.07, 6.45) is 6.18. The van der Waals surface area contributed by atoms with Gasteiger partial charge >= 0.3 is 0 Å². The van der Waals surface area contributed by atoms with Crippen LogP contribution in [0.2, 0.25) is 0 Å². The summed E-state index contributed by atoms with van der Waals surface area (Å²) >= 11 is 0. The molecule has 134 valence electrons. The van der Waals surface area contributed by atoms with Gasteiger partial charge in [-0.3, -0.25) is 0 Å². The van der Waals surface area contributed by atoms with Crippen molar-refractivity contribution in [1.82, 2.24) is 31.1 Å². The highest BCUT2D eigenvalue weighted by molar-refractivity contribution is 5.49. The average molecular weight is 349 g/mol. The summed E-state index contributed by atoms with van der Waals surface area (Å²) in [7, 11) is 0. The predicted molar refractivity (Wildman–Crippen MR) is 101 cm³/mol. The van der Waals surface area contributed by atoms with Crippen LogP contribution < -0.4 is 11.1 Å². The molecule has 0 saturated heterocycles. The molecule has 4 rings (SSSR count). The van der Waals surface area contributed by atoms with E-state index in [1.165, 1.54) is 5.56 Å². The molecule has 0 aliphatic carbocycles. The van der Waals surface area contributed by atoms with Crippen LogP contribution in [0.1, 0.15) is 35.5 Å². The van der Waals surface area contributed by atoms with Crippen LogP contribution in [0.15, 0.2) is 36.8 Å². The summed E-state index contributed by atoms with van der Waals surface area (Å²) in [6, 6.07) is 6.20. The maximum atomic E-state index is 4.75. The van der Waals surface area contributed by atoms with Gasteiger partial charge in [0.05, 0.1) is 11.7 Å². The number of nitrogens with zero attached hydrogens (tertiary/aromatic N) is 6. The van der Waals surface area contributed by atoms with E-state index in [1.54, 1.807) is 18.5 Å². The van der Waals surface area contributed by atoms with Crippen molar-refractivity contribution in [3.8, 4) is 11.6 Å². The summed E-state index contributed by atoms with van der Waals surface area (Å²) in [5.74, 6) is 2.16. The minimum absolute atomic E-state index is 0. The van der Waals surface area contributed by atoms with Crippen molar-refractivity contribution in [3.05, 3.63) is 59.3 Å². The highest BCUT2D eigenvalue weighted by Crippen LogP contribution is 2.32. The van der Waals surface area contributed by atoms with E-state index in [2.05, 4.69) is 52.8 Å². The molecule has 1 atom stereocenters. The normalized spacial score (nSPS) is 16.0. The minimum Gasteiger partial charge on any atom is -0.349 e. The van der Waals surface area contributed by atoms with E-state index in [9.17, 15) is 0 Å². The van der Waals surface area contributed by atoms with Crippen molar-refractivity contribution in [2.24, 2.45) is 0 Å². The molecule has 0 amide bonds. The number of hydrogen-bond donors (Lipinski definition) is 1. The fourth-order valence-corrected chi connectivity index (χ4v) is 3.18. The Labute approximate surface area is 153 Å². The molecule has 3 aromatic rings. The summed E-state index contributed by atoms with van der Waals surface area (Å²) in [6.45, 7) is 7.20. The smallest absolute Gasteiger partial charge is 0.197 e. The lowest BCUT2D eigenvalue weighted by atomic mass is 9.99. The van der Waals surface area contributed by atoms with Gasteiger partial charge in [-0.2, -0.15) is 0 Å². The highest BCUT2D eigenvalue weighted by Gasteiger charge is 2.27. The summed E-state index contributed by atoms with van der Waals surface area (Å²) in [5, 5.41) is 0. The second kappa shape index (κ2) is 7.13. The van der Waals surface area contributed by atoms with Crippen molar-refractivity contribution in [3.63, 3.8) is 0 Å². The number of pyridine rings is 1. The van der Waals surface area contributed by atoms with Gasteiger partial charge in [0.2, 0.25) is 0 Å². The molecule has 0 saturated carbocycles. The molecule has 1 aliphatic heterocycles. The first kappa shape index (κ1) is 17.9. The lowest BCUT2D eigenvalue weighted by molar-refractivity contribution is 0.601. The van der Waals surface area contributed by atoms with Crippen LogP contribution in [0.25, 0.3) is 11.6 Å². The van der Waals surface area contributed by atoms with Crippen LogP contribution in [0.4, 0.5) is 5.82 Å².